The number of guanidine groups is 1. The molecule has 3 N–H and O–H groups in total. The number of benzene rings is 2. The van der Waals surface area contributed by atoms with Gasteiger partial charge in [-0.1, -0.05) is 36.4 Å². The minimum Gasteiger partial charge on any atom is -0.387 e. The summed E-state index contributed by atoms with van der Waals surface area (Å²) in [6.45, 7) is 9.53. The van der Waals surface area contributed by atoms with Gasteiger partial charge in [-0.15, -0.1) is 24.0 Å². The SMILES string of the molecule is CCNC(=NCc1ccc2ccccc2c1)NCC(C)(O)CN1CCOCC1.I. The summed E-state index contributed by atoms with van der Waals surface area (Å²) in [5, 5.41) is 19.8. The topological polar surface area (TPSA) is 69.1 Å². The summed E-state index contributed by atoms with van der Waals surface area (Å²) in [4.78, 5) is 6.93. The molecule has 1 aliphatic heterocycles. The minimum atomic E-state index is -0.837. The van der Waals surface area contributed by atoms with Crippen molar-refractivity contribution in [2.24, 2.45) is 4.99 Å². The van der Waals surface area contributed by atoms with E-state index in [0.29, 0.717) is 19.6 Å². The van der Waals surface area contributed by atoms with Crippen molar-refractivity contribution in [1.82, 2.24) is 15.5 Å². The molecule has 160 valence electrons. The summed E-state index contributed by atoms with van der Waals surface area (Å²) in [7, 11) is 0. The molecule has 1 saturated heterocycles. The number of β-amino-alcohol motifs (C(OH)–C–C–N with tert-alkyl or cyclic N) is 1. The van der Waals surface area contributed by atoms with Gasteiger partial charge in [0.05, 0.1) is 25.4 Å². The zero-order chi connectivity index (χ0) is 19.8. The fourth-order valence-electron chi connectivity index (χ4n) is 3.42. The smallest absolute Gasteiger partial charge is 0.191 e. The Bertz CT molecular complexity index is 791. The maximum atomic E-state index is 10.8. The van der Waals surface area contributed by atoms with Gasteiger partial charge in [-0.25, -0.2) is 4.99 Å². The molecule has 0 bridgehead atoms. The van der Waals surface area contributed by atoms with Crippen LogP contribution in [0.1, 0.15) is 19.4 Å². The van der Waals surface area contributed by atoms with E-state index in [-0.39, 0.29) is 24.0 Å². The molecule has 0 saturated carbocycles. The summed E-state index contributed by atoms with van der Waals surface area (Å²) in [6, 6.07) is 14.8. The van der Waals surface area contributed by atoms with Gasteiger partial charge in [-0.3, -0.25) is 4.90 Å². The Morgan fingerprint density at radius 1 is 1.14 bits per heavy atom. The Kier molecular flexibility index (Phi) is 9.61. The molecule has 3 rings (SSSR count). The van der Waals surface area contributed by atoms with E-state index < -0.39 is 5.60 Å². The normalized spacial score (nSPS) is 17.4. The molecule has 1 aliphatic rings. The van der Waals surface area contributed by atoms with Crippen LogP contribution < -0.4 is 10.6 Å². The first kappa shape index (κ1) is 23.9. The van der Waals surface area contributed by atoms with E-state index in [1.165, 1.54) is 10.8 Å². The number of hydrogen-bond donors (Lipinski definition) is 3. The molecule has 2 aromatic carbocycles. The maximum Gasteiger partial charge on any atom is 0.191 e. The third kappa shape index (κ3) is 7.73. The lowest BCUT2D eigenvalue weighted by Gasteiger charge is -2.34. The van der Waals surface area contributed by atoms with Crippen LogP contribution in [0.5, 0.6) is 0 Å². The van der Waals surface area contributed by atoms with Crippen LogP contribution in [0.25, 0.3) is 10.8 Å². The second-order valence-corrected chi connectivity index (χ2v) is 7.62. The van der Waals surface area contributed by atoms with Gasteiger partial charge in [0.15, 0.2) is 5.96 Å². The first-order chi connectivity index (χ1) is 13.6. The number of ether oxygens (including phenoxy) is 1. The zero-order valence-electron chi connectivity index (χ0n) is 17.4. The molecule has 0 aromatic heterocycles. The highest BCUT2D eigenvalue weighted by Gasteiger charge is 2.25. The lowest BCUT2D eigenvalue weighted by molar-refractivity contribution is -0.0201. The molecule has 1 unspecified atom stereocenters. The Morgan fingerprint density at radius 2 is 1.86 bits per heavy atom. The van der Waals surface area contributed by atoms with Gasteiger partial charge in [-0.05, 0) is 36.2 Å². The third-order valence-electron chi connectivity index (χ3n) is 4.88. The van der Waals surface area contributed by atoms with E-state index in [1.807, 2.05) is 13.8 Å². The van der Waals surface area contributed by atoms with Crippen molar-refractivity contribution in [3.05, 3.63) is 48.0 Å². The number of halogens is 1. The van der Waals surface area contributed by atoms with Crippen LogP contribution in [0.15, 0.2) is 47.5 Å². The third-order valence-corrected chi connectivity index (χ3v) is 4.88. The maximum absolute atomic E-state index is 10.8. The number of aliphatic hydroxyl groups is 1. The standard InChI is InChI=1S/C22H32N4O2.HI/c1-3-23-21(25-16-22(2,27)17-26-10-12-28-13-11-26)24-15-18-8-9-19-6-4-5-7-20(19)14-18;/h4-9,14,27H,3,10-13,15-17H2,1-2H3,(H2,23,24,25);1H. The van der Waals surface area contributed by atoms with Crippen LogP contribution >= 0.6 is 24.0 Å². The van der Waals surface area contributed by atoms with Crippen molar-refractivity contribution in [2.45, 2.75) is 26.0 Å². The van der Waals surface area contributed by atoms with Crippen LogP contribution in [0.2, 0.25) is 0 Å². The summed E-state index contributed by atoms with van der Waals surface area (Å²) in [6.07, 6.45) is 0. The first-order valence-electron chi connectivity index (χ1n) is 10.1. The average molecular weight is 512 g/mol. The Labute approximate surface area is 190 Å². The van der Waals surface area contributed by atoms with Crippen molar-refractivity contribution < 1.29 is 9.84 Å². The van der Waals surface area contributed by atoms with Crippen molar-refractivity contribution in [1.29, 1.82) is 0 Å². The molecule has 2 aromatic rings. The van der Waals surface area contributed by atoms with Gasteiger partial charge in [-0.2, -0.15) is 0 Å². The predicted molar refractivity (Wildman–Crippen MR) is 130 cm³/mol. The summed E-state index contributed by atoms with van der Waals surface area (Å²) >= 11 is 0. The number of nitrogens with zero attached hydrogens (tertiary/aromatic N) is 2. The average Bonchev–Trinajstić information content (AvgIpc) is 2.70. The number of hydrogen-bond acceptors (Lipinski definition) is 4. The fourth-order valence-corrected chi connectivity index (χ4v) is 3.42. The number of aliphatic imine (C=N–C) groups is 1. The van der Waals surface area contributed by atoms with Gasteiger partial charge < -0.3 is 20.5 Å². The van der Waals surface area contributed by atoms with Gasteiger partial charge in [0.2, 0.25) is 0 Å². The van der Waals surface area contributed by atoms with E-state index >= 15 is 0 Å². The molecule has 0 aliphatic carbocycles. The second-order valence-electron chi connectivity index (χ2n) is 7.62. The van der Waals surface area contributed by atoms with Crippen molar-refractivity contribution in [3.8, 4) is 0 Å². The van der Waals surface area contributed by atoms with Crippen LogP contribution in [0.4, 0.5) is 0 Å². The summed E-state index contributed by atoms with van der Waals surface area (Å²) in [5.74, 6) is 0.720. The lowest BCUT2D eigenvalue weighted by Crippen LogP contribution is -2.52. The van der Waals surface area contributed by atoms with E-state index in [1.54, 1.807) is 0 Å². The molecule has 0 radical (unpaired) electrons. The Balaban J connectivity index is 0.00000300. The molecule has 1 heterocycles. The highest BCUT2D eigenvalue weighted by molar-refractivity contribution is 14.0. The monoisotopic (exact) mass is 512 g/mol. The molecular formula is C22H33IN4O2. The molecule has 7 heteroatoms. The van der Waals surface area contributed by atoms with E-state index in [4.69, 9.17) is 9.73 Å². The van der Waals surface area contributed by atoms with Gasteiger partial charge in [0, 0.05) is 32.7 Å². The van der Waals surface area contributed by atoms with Gasteiger partial charge in [0.25, 0.3) is 0 Å². The molecule has 1 atom stereocenters. The molecule has 1 fully saturated rings. The number of morpholine rings is 1. The zero-order valence-corrected chi connectivity index (χ0v) is 19.7. The predicted octanol–water partition coefficient (Wildman–Crippen LogP) is 2.60. The second kappa shape index (κ2) is 11.7. The molecule has 0 amide bonds. The van der Waals surface area contributed by atoms with Gasteiger partial charge >= 0.3 is 0 Å². The van der Waals surface area contributed by atoms with Crippen molar-refractivity contribution >= 4 is 40.7 Å². The minimum absolute atomic E-state index is 0. The number of nitrogens with one attached hydrogen (secondary N) is 2. The Morgan fingerprint density at radius 3 is 2.59 bits per heavy atom. The molecule has 29 heavy (non-hydrogen) atoms. The molecule has 6 nitrogen and oxygen atoms in total. The molecule has 0 spiro atoms. The lowest BCUT2D eigenvalue weighted by atomic mass is 10.1. The van der Waals surface area contributed by atoms with Crippen molar-refractivity contribution in [2.75, 3.05) is 45.9 Å². The summed E-state index contributed by atoms with van der Waals surface area (Å²) < 4.78 is 5.38. The quantitative estimate of drug-likeness (QED) is 0.303. The van der Waals surface area contributed by atoms with Crippen LogP contribution in [0, 0.1) is 0 Å². The van der Waals surface area contributed by atoms with Gasteiger partial charge in [0.1, 0.15) is 0 Å². The van der Waals surface area contributed by atoms with Crippen LogP contribution in [0.3, 0.4) is 0 Å². The largest absolute Gasteiger partial charge is 0.387 e. The Hall–Kier alpha value is -1.42. The number of fused-ring (bicyclic) bond motifs is 1. The van der Waals surface area contributed by atoms with E-state index in [9.17, 15) is 5.11 Å². The molecular weight excluding hydrogens is 479 g/mol. The highest BCUT2D eigenvalue weighted by atomic mass is 127. The van der Waals surface area contributed by atoms with Crippen molar-refractivity contribution in [3.63, 3.8) is 0 Å². The van der Waals surface area contributed by atoms with Crippen LogP contribution in [-0.4, -0.2) is 67.5 Å². The first-order valence-corrected chi connectivity index (χ1v) is 10.1. The van der Waals surface area contributed by atoms with Crippen LogP contribution in [-0.2, 0) is 11.3 Å². The fraction of sp³-hybridized carbons (Fsp3) is 0.500. The highest BCUT2D eigenvalue weighted by Crippen LogP contribution is 2.16. The van der Waals surface area contributed by atoms with E-state index in [0.717, 1.165) is 44.4 Å². The van der Waals surface area contributed by atoms with E-state index in [2.05, 4.69) is 58.0 Å². The number of rotatable bonds is 7. The summed E-state index contributed by atoms with van der Waals surface area (Å²) in [5.41, 5.74) is 0.326.